The Bertz CT molecular complexity index is 545. The summed E-state index contributed by atoms with van der Waals surface area (Å²) in [4.78, 5) is 22.7. The van der Waals surface area contributed by atoms with Gasteiger partial charge in [-0.2, -0.15) is 5.10 Å². The number of aromatic carboxylic acids is 1. The van der Waals surface area contributed by atoms with Crippen molar-refractivity contribution in [1.82, 2.24) is 15.1 Å². The van der Waals surface area contributed by atoms with E-state index in [4.69, 9.17) is 9.84 Å². The van der Waals surface area contributed by atoms with Crippen LogP contribution in [0.25, 0.3) is 0 Å². The second-order valence-corrected chi connectivity index (χ2v) is 6.27. The van der Waals surface area contributed by atoms with Crippen LogP contribution < -0.4 is 5.32 Å². The standard InChI is InChI=1S/C14H21N3O4/c1-14(2,3)21-13(20)15-7-9-4-5-17-11(6-9)10(8-16-17)12(18)19/h8-9H,4-7H2,1-3H3,(H,15,20)(H,18,19)/t9-/m0/s1. The molecule has 1 aromatic heterocycles. The van der Waals surface area contributed by atoms with Crippen molar-refractivity contribution in [3.8, 4) is 0 Å². The highest BCUT2D eigenvalue weighted by molar-refractivity contribution is 5.88. The molecule has 1 amide bonds. The summed E-state index contributed by atoms with van der Waals surface area (Å²) in [6.45, 7) is 6.57. The number of amides is 1. The number of fused-ring (bicyclic) bond motifs is 1. The van der Waals surface area contributed by atoms with Gasteiger partial charge in [-0.05, 0) is 39.5 Å². The Hall–Kier alpha value is -2.05. The Morgan fingerprint density at radius 1 is 1.52 bits per heavy atom. The van der Waals surface area contributed by atoms with Crippen LogP contribution in [0, 0.1) is 5.92 Å². The van der Waals surface area contributed by atoms with Gasteiger partial charge >= 0.3 is 12.1 Å². The zero-order valence-corrected chi connectivity index (χ0v) is 12.5. The van der Waals surface area contributed by atoms with Crippen molar-refractivity contribution >= 4 is 12.1 Å². The van der Waals surface area contributed by atoms with Crippen molar-refractivity contribution in [1.29, 1.82) is 0 Å². The molecule has 2 heterocycles. The molecule has 0 saturated carbocycles. The van der Waals surface area contributed by atoms with E-state index >= 15 is 0 Å². The molecule has 2 N–H and O–H groups in total. The van der Waals surface area contributed by atoms with Crippen LogP contribution in [0.5, 0.6) is 0 Å². The zero-order valence-electron chi connectivity index (χ0n) is 12.5. The summed E-state index contributed by atoms with van der Waals surface area (Å²) in [5.74, 6) is -0.767. The van der Waals surface area contributed by atoms with Gasteiger partial charge in [0.25, 0.3) is 0 Å². The molecular weight excluding hydrogens is 274 g/mol. The molecule has 0 bridgehead atoms. The lowest BCUT2D eigenvalue weighted by Crippen LogP contribution is -2.37. The van der Waals surface area contributed by atoms with Gasteiger partial charge in [0.15, 0.2) is 0 Å². The van der Waals surface area contributed by atoms with Crippen molar-refractivity contribution in [2.75, 3.05) is 6.54 Å². The van der Waals surface area contributed by atoms with Crippen molar-refractivity contribution in [3.63, 3.8) is 0 Å². The van der Waals surface area contributed by atoms with Crippen LogP contribution in [0.3, 0.4) is 0 Å². The lowest BCUT2D eigenvalue weighted by molar-refractivity contribution is 0.0515. The van der Waals surface area contributed by atoms with Gasteiger partial charge in [-0.15, -0.1) is 0 Å². The Balaban J connectivity index is 1.91. The molecule has 7 heteroatoms. The van der Waals surface area contributed by atoms with Crippen molar-refractivity contribution < 1.29 is 19.4 Å². The molecule has 0 spiro atoms. The number of hydrogen-bond acceptors (Lipinski definition) is 4. The van der Waals surface area contributed by atoms with Gasteiger partial charge in [-0.1, -0.05) is 0 Å². The van der Waals surface area contributed by atoms with Crippen LogP contribution in [-0.2, 0) is 17.7 Å². The number of carboxylic acid groups (broad SMARTS) is 1. The van der Waals surface area contributed by atoms with E-state index in [-0.39, 0.29) is 11.5 Å². The highest BCUT2D eigenvalue weighted by Gasteiger charge is 2.25. The third-order valence-corrected chi connectivity index (χ3v) is 3.34. The zero-order chi connectivity index (χ0) is 15.6. The lowest BCUT2D eigenvalue weighted by Gasteiger charge is -2.25. The highest BCUT2D eigenvalue weighted by Crippen LogP contribution is 2.22. The predicted molar refractivity (Wildman–Crippen MR) is 75.2 cm³/mol. The van der Waals surface area contributed by atoms with Gasteiger partial charge in [-0.3, -0.25) is 4.68 Å². The fourth-order valence-electron chi connectivity index (χ4n) is 2.39. The van der Waals surface area contributed by atoms with Gasteiger partial charge in [0.2, 0.25) is 0 Å². The van der Waals surface area contributed by atoms with Gasteiger partial charge < -0.3 is 15.2 Å². The summed E-state index contributed by atoms with van der Waals surface area (Å²) >= 11 is 0. The number of aryl methyl sites for hydroxylation is 1. The molecule has 0 unspecified atom stereocenters. The van der Waals surface area contributed by atoms with Crippen LogP contribution in [0.4, 0.5) is 4.79 Å². The van der Waals surface area contributed by atoms with E-state index in [1.807, 2.05) is 20.8 Å². The van der Waals surface area contributed by atoms with Crippen LogP contribution in [0.15, 0.2) is 6.20 Å². The van der Waals surface area contributed by atoms with Crippen LogP contribution in [0.1, 0.15) is 43.2 Å². The molecule has 0 radical (unpaired) electrons. The number of hydrogen-bond donors (Lipinski definition) is 2. The summed E-state index contributed by atoms with van der Waals surface area (Å²) in [7, 11) is 0. The van der Waals surface area contributed by atoms with Crippen LogP contribution in [-0.4, -0.2) is 39.1 Å². The number of aromatic nitrogens is 2. The minimum atomic E-state index is -0.961. The number of ether oxygens (including phenoxy) is 1. The topological polar surface area (TPSA) is 93.5 Å². The maximum atomic E-state index is 11.6. The largest absolute Gasteiger partial charge is 0.478 e. The third kappa shape index (κ3) is 3.96. The van der Waals surface area contributed by atoms with E-state index in [0.29, 0.717) is 19.5 Å². The second-order valence-electron chi connectivity index (χ2n) is 6.27. The van der Waals surface area contributed by atoms with E-state index in [0.717, 1.165) is 12.1 Å². The van der Waals surface area contributed by atoms with Gasteiger partial charge in [0.1, 0.15) is 11.2 Å². The molecule has 0 saturated heterocycles. The Morgan fingerprint density at radius 3 is 2.86 bits per heavy atom. The molecule has 1 aliphatic heterocycles. The average Bonchev–Trinajstić information content (AvgIpc) is 2.77. The fraction of sp³-hybridized carbons (Fsp3) is 0.643. The Labute approximate surface area is 123 Å². The monoisotopic (exact) mass is 295 g/mol. The first-order valence-corrected chi connectivity index (χ1v) is 7.01. The second kappa shape index (κ2) is 5.75. The first-order chi connectivity index (χ1) is 9.76. The molecule has 116 valence electrons. The fourth-order valence-corrected chi connectivity index (χ4v) is 2.39. The molecule has 0 aromatic carbocycles. The quantitative estimate of drug-likeness (QED) is 0.884. The molecule has 7 nitrogen and oxygen atoms in total. The summed E-state index contributed by atoms with van der Waals surface area (Å²) in [6, 6.07) is 0. The normalized spacial score (nSPS) is 18.0. The maximum Gasteiger partial charge on any atom is 0.407 e. The van der Waals surface area contributed by atoms with Crippen molar-refractivity contribution in [2.24, 2.45) is 5.92 Å². The molecule has 1 aliphatic rings. The number of alkyl carbamates (subject to hydrolysis) is 1. The summed E-state index contributed by atoms with van der Waals surface area (Å²) in [6.07, 6.45) is 2.39. The predicted octanol–water partition coefficient (Wildman–Crippen LogP) is 1.67. The van der Waals surface area contributed by atoms with Crippen molar-refractivity contribution in [2.45, 2.75) is 45.8 Å². The minimum absolute atomic E-state index is 0.194. The lowest BCUT2D eigenvalue weighted by atomic mass is 9.94. The Kier molecular flexibility index (Phi) is 4.20. The molecule has 2 rings (SSSR count). The van der Waals surface area contributed by atoms with Gasteiger partial charge in [0, 0.05) is 13.1 Å². The van der Waals surface area contributed by atoms with E-state index in [1.165, 1.54) is 6.20 Å². The molecule has 1 aromatic rings. The van der Waals surface area contributed by atoms with E-state index < -0.39 is 17.7 Å². The molecular formula is C14H21N3O4. The third-order valence-electron chi connectivity index (χ3n) is 3.34. The molecule has 0 fully saturated rings. The first-order valence-electron chi connectivity index (χ1n) is 7.01. The molecule has 1 atom stereocenters. The average molecular weight is 295 g/mol. The smallest absolute Gasteiger partial charge is 0.407 e. The number of nitrogens with one attached hydrogen (secondary N) is 1. The van der Waals surface area contributed by atoms with Crippen LogP contribution >= 0.6 is 0 Å². The summed E-state index contributed by atoms with van der Waals surface area (Å²) < 4.78 is 6.91. The number of carbonyl (C=O) groups is 2. The summed E-state index contributed by atoms with van der Waals surface area (Å²) in [5.41, 5.74) is 0.452. The van der Waals surface area contributed by atoms with E-state index in [1.54, 1.807) is 4.68 Å². The van der Waals surface area contributed by atoms with E-state index in [2.05, 4.69) is 10.4 Å². The Morgan fingerprint density at radius 2 is 2.24 bits per heavy atom. The highest BCUT2D eigenvalue weighted by atomic mass is 16.6. The number of rotatable bonds is 3. The van der Waals surface area contributed by atoms with Crippen LogP contribution in [0.2, 0.25) is 0 Å². The number of carboxylic acids is 1. The van der Waals surface area contributed by atoms with Gasteiger partial charge in [-0.25, -0.2) is 9.59 Å². The molecule has 21 heavy (non-hydrogen) atoms. The molecule has 0 aliphatic carbocycles. The van der Waals surface area contributed by atoms with Crippen molar-refractivity contribution in [3.05, 3.63) is 17.5 Å². The number of carbonyl (C=O) groups excluding carboxylic acids is 1. The SMILES string of the molecule is CC(C)(C)OC(=O)NC[C@H]1CCn2ncc(C(=O)O)c2C1. The van der Waals surface area contributed by atoms with E-state index in [9.17, 15) is 9.59 Å². The van der Waals surface area contributed by atoms with Gasteiger partial charge in [0.05, 0.1) is 11.9 Å². The number of nitrogens with zero attached hydrogens (tertiary/aromatic N) is 2. The summed E-state index contributed by atoms with van der Waals surface area (Å²) in [5, 5.41) is 15.9. The first kappa shape index (κ1) is 15.3. The maximum absolute atomic E-state index is 11.6. The minimum Gasteiger partial charge on any atom is -0.478 e.